The number of carboxylic acids is 1. The van der Waals surface area contributed by atoms with Gasteiger partial charge in [-0.1, -0.05) is 60.7 Å². The van der Waals surface area contributed by atoms with Gasteiger partial charge in [0.25, 0.3) is 0 Å². The molecule has 0 heterocycles. The predicted molar refractivity (Wildman–Crippen MR) is 91.4 cm³/mol. The van der Waals surface area contributed by atoms with Crippen molar-refractivity contribution in [2.24, 2.45) is 0 Å². The molecule has 0 aliphatic rings. The third-order valence-corrected chi connectivity index (χ3v) is 6.11. The Kier molecular flexibility index (Phi) is 7.16. The maximum absolute atomic E-state index is 13.3. The number of carboxylic acid groups (broad SMARTS) is 1. The van der Waals surface area contributed by atoms with Gasteiger partial charge in [-0.3, -0.25) is 4.79 Å². The van der Waals surface area contributed by atoms with Crippen molar-refractivity contribution in [3.63, 3.8) is 0 Å². The molecule has 4 heteroatoms. The van der Waals surface area contributed by atoms with Crippen LogP contribution in [0.15, 0.2) is 60.7 Å². The highest BCUT2D eigenvalue weighted by Gasteiger charge is 2.27. The van der Waals surface area contributed by atoms with Crippen LogP contribution in [0.5, 0.6) is 0 Å². The zero-order valence-electron chi connectivity index (χ0n) is 12.5. The van der Waals surface area contributed by atoms with Crippen molar-refractivity contribution in [3.8, 4) is 12.3 Å². The van der Waals surface area contributed by atoms with Gasteiger partial charge in [0.05, 0.1) is 6.42 Å². The van der Waals surface area contributed by atoms with Gasteiger partial charge in [-0.25, -0.2) is 0 Å². The zero-order chi connectivity index (χ0) is 16.4. The lowest BCUT2D eigenvalue weighted by Crippen LogP contribution is -2.19. The maximum atomic E-state index is 13.3. The lowest BCUT2D eigenvalue weighted by Gasteiger charge is -2.18. The van der Waals surface area contributed by atoms with Crippen LogP contribution < -0.4 is 10.6 Å². The molecule has 1 N–H and O–H groups in total. The normalized spacial score (nSPS) is 10.0. The highest BCUT2D eigenvalue weighted by molar-refractivity contribution is 7.78. The molecule has 0 aliphatic heterocycles. The second-order valence-electron chi connectivity index (χ2n) is 4.57. The van der Waals surface area contributed by atoms with Crippen LogP contribution in [-0.4, -0.2) is 17.2 Å². The number of benzene rings is 2. The number of hydrogen-bond donors (Lipinski definition) is 1. The zero-order valence-corrected chi connectivity index (χ0v) is 13.4. The minimum absolute atomic E-state index is 0.0962. The SMILES string of the molecule is C#CC.O=C(O)CCP(=O)(c1ccccc1)c1ccccc1. The quantitative estimate of drug-likeness (QED) is 0.681. The summed E-state index contributed by atoms with van der Waals surface area (Å²) in [4.78, 5) is 10.8. The average molecular weight is 314 g/mol. The van der Waals surface area contributed by atoms with Gasteiger partial charge in [-0.2, -0.15) is 0 Å². The average Bonchev–Trinajstić information content (AvgIpc) is 2.55. The first-order valence-corrected chi connectivity index (χ1v) is 8.73. The minimum atomic E-state index is -2.86. The summed E-state index contributed by atoms with van der Waals surface area (Å²) >= 11 is 0. The van der Waals surface area contributed by atoms with Crippen molar-refractivity contribution >= 4 is 23.7 Å². The van der Waals surface area contributed by atoms with Crippen LogP contribution >= 0.6 is 7.14 Å². The van der Waals surface area contributed by atoms with Crippen molar-refractivity contribution in [2.75, 3.05) is 6.16 Å². The third-order valence-electron chi connectivity index (χ3n) is 2.99. The van der Waals surface area contributed by atoms with Crippen LogP contribution in [0, 0.1) is 12.3 Å². The van der Waals surface area contributed by atoms with Gasteiger partial charge in [0.1, 0.15) is 7.14 Å². The smallest absolute Gasteiger partial charge is 0.303 e. The van der Waals surface area contributed by atoms with E-state index in [0.29, 0.717) is 10.6 Å². The molecule has 0 atom stereocenters. The Balaban J connectivity index is 0.000000745. The Hall–Kier alpha value is -2.30. The first-order chi connectivity index (χ1) is 10.5. The molecule has 0 saturated carbocycles. The van der Waals surface area contributed by atoms with E-state index in [0.717, 1.165) is 0 Å². The Morgan fingerprint density at radius 2 is 1.41 bits per heavy atom. The molecule has 2 rings (SSSR count). The first kappa shape index (κ1) is 17.8. The van der Waals surface area contributed by atoms with Crippen LogP contribution in [-0.2, 0) is 9.36 Å². The van der Waals surface area contributed by atoms with E-state index >= 15 is 0 Å². The van der Waals surface area contributed by atoms with Crippen LogP contribution in [0.4, 0.5) is 0 Å². The summed E-state index contributed by atoms with van der Waals surface area (Å²) in [6.45, 7) is 1.65. The molecule has 0 saturated heterocycles. The van der Waals surface area contributed by atoms with Gasteiger partial charge < -0.3 is 9.67 Å². The van der Waals surface area contributed by atoms with Crippen molar-refractivity contribution < 1.29 is 14.5 Å². The second kappa shape index (κ2) is 8.87. The molecule has 0 aliphatic carbocycles. The van der Waals surface area contributed by atoms with E-state index in [9.17, 15) is 9.36 Å². The molecular weight excluding hydrogens is 295 g/mol. The molecule has 0 amide bonds. The third kappa shape index (κ3) is 4.91. The summed E-state index contributed by atoms with van der Waals surface area (Å²) < 4.78 is 13.3. The molecule has 0 aromatic heterocycles. The molecule has 0 bridgehead atoms. The van der Waals surface area contributed by atoms with Gasteiger partial charge in [0.2, 0.25) is 0 Å². The van der Waals surface area contributed by atoms with Crippen LogP contribution in [0.3, 0.4) is 0 Å². The summed E-state index contributed by atoms with van der Waals surface area (Å²) in [5.41, 5.74) is 0. The maximum Gasteiger partial charge on any atom is 0.303 e. The molecule has 0 unspecified atom stereocenters. The summed E-state index contributed by atoms with van der Waals surface area (Å²) in [7, 11) is -2.86. The Morgan fingerprint density at radius 1 is 1.05 bits per heavy atom. The number of aliphatic carboxylic acids is 1. The Morgan fingerprint density at radius 3 is 1.73 bits per heavy atom. The number of terminal acetylenes is 1. The standard InChI is InChI=1S/C15H15O3P.C3H4/c16-15(17)11-12-19(18,13-7-3-1-4-8-13)14-9-5-2-6-10-14;1-3-2/h1-10H,11-12H2,(H,16,17);1H,2H3. The lowest BCUT2D eigenvalue weighted by molar-refractivity contribution is -0.136. The minimum Gasteiger partial charge on any atom is -0.481 e. The molecule has 3 nitrogen and oxygen atoms in total. The van der Waals surface area contributed by atoms with Crippen LogP contribution in [0.1, 0.15) is 13.3 Å². The molecular formula is C18H19O3P. The molecule has 114 valence electrons. The highest BCUT2D eigenvalue weighted by atomic mass is 31.2. The van der Waals surface area contributed by atoms with Crippen molar-refractivity contribution in [3.05, 3.63) is 60.7 Å². The van der Waals surface area contributed by atoms with Crippen molar-refractivity contribution in [2.45, 2.75) is 13.3 Å². The van der Waals surface area contributed by atoms with E-state index < -0.39 is 13.1 Å². The number of carbonyl (C=O) groups is 1. The molecule has 0 spiro atoms. The molecule has 22 heavy (non-hydrogen) atoms. The fourth-order valence-corrected chi connectivity index (χ4v) is 4.63. The van der Waals surface area contributed by atoms with Crippen molar-refractivity contribution in [1.29, 1.82) is 0 Å². The monoisotopic (exact) mass is 314 g/mol. The van der Waals surface area contributed by atoms with Crippen LogP contribution in [0.25, 0.3) is 0 Å². The number of hydrogen-bond acceptors (Lipinski definition) is 2. The van der Waals surface area contributed by atoms with Gasteiger partial charge in [-0.05, 0) is 6.92 Å². The fraction of sp³-hybridized carbons (Fsp3) is 0.167. The van der Waals surface area contributed by atoms with Gasteiger partial charge in [0, 0.05) is 16.8 Å². The summed E-state index contributed by atoms with van der Waals surface area (Å²) in [5.74, 6) is 1.33. The van der Waals surface area contributed by atoms with E-state index in [1.54, 1.807) is 31.2 Å². The predicted octanol–water partition coefficient (Wildman–Crippen LogP) is 3.11. The van der Waals surface area contributed by atoms with Crippen LogP contribution in [0.2, 0.25) is 0 Å². The Bertz CT molecular complexity index is 629. The summed E-state index contributed by atoms with van der Waals surface area (Å²) in [6, 6.07) is 18.2. The van der Waals surface area contributed by atoms with E-state index in [1.165, 1.54) is 0 Å². The largest absolute Gasteiger partial charge is 0.481 e. The molecule has 0 radical (unpaired) electrons. The second-order valence-corrected chi connectivity index (χ2v) is 7.53. The fourth-order valence-electron chi connectivity index (χ4n) is 2.00. The number of rotatable bonds is 5. The summed E-state index contributed by atoms with van der Waals surface area (Å²) in [5, 5.41) is 10.3. The van der Waals surface area contributed by atoms with E-state index in [4.69, 9.17) is 5.11 Å². The van der Waals surface area contributed by atoms with E-state index in [2.05, 4.69) is 12.3 Å². The Labute approximate surface area is 131 Å². The lowest BCUT2D eigenvalue weighted by atomic mass is 10.4. The topological polar surface area (TPSA) is 54.4 Å². The van der Waals surface area contributed by atoms with E-state index in [-0.39, 0.29) is 12.6 Å². The van der Waals surface area contributed by atoms with Gasteiger partial charge in [0.15, 0.2) is 0 Å². The van der Waals surface area contributed by atoms with Gasteiger partial charge in [-0.15, -0.1) is 12.3 Å². The van der Waals surface area contributed by atoms with Crippen molar-refractivity contribution in [1.82, 2.24) is 0 Å². The summed E-state index contributed by atoms with van der Waals surface area (Å²) in [6.07, 6.45) is 4.65. The van der Waals surface area contributed by atoms with E-state index in [1.807, 2.05) is 36.4 Å². The molecule has 0 fully saturated rings. The van der Waals surface area contributed by atoms with Gasteiger partial charge >= 0.3 is 5.97 Å². The molecule has 2 aromatic rings. The first-order valence-electron chi connectivity index (χ1n) is 6.84. The highest BCUT2D eigenvalue weighted by Crippen LogP contribution is 2.43. The molecule has 2 aromatic carbocycles.